The first-order valence-corrected chi connectivity index (χ1v) is 13.5. The van der Waals surface area contributed by atoms with Gasteiger partial charge >= 0.3 is 0 Å². The van der Waals surface area contributed by atoms with Crippen molar-refractivity contribution in [2.24, 2.45) is 0 Å². The van der Waals surface area contributed by atoms with Gasteiger partial charge in [-0.1, -0.05) is 51.1 Å². The van der Waals surface area contributed by atoms with E-state index >= 15 is 0 Å². The Hall–Kier alpha value is 0.134. The maximum absolute atomic E-state index is 5.55. The van der Waals surface area contributed by atoms with Gasteiger partial charge in [0.25, 0.3) is 0 Å². The van der Waals surface area contributed by atoms with Gasteiger partial charge in [0, 0.05) is 0 Å². The van der Waals surface area contributed by atoms with Crippen LogP contribution < -0.4 is 0 Å². The number of epoxide rings is 1. The molecule has 1 saturated heterocycles. The molecule has 0 aromatic rings. The van der Waals surface area contributed by atoms with Crippen LogP contribution in [0.5, 0.6) is 0 Å². The molecule has 16 heavy (non-hydrogen) atoms. The highest BCUT2D eigenvalue weighted by Crippen LogP contribution is 2.40. The van der Waals surface area contributed by atoms with Gasteiger partial charge in [0.05, 0.1) is 28.4 Å². The summed E-state index contributed by atoms with van der Waals surface area (Å²) in [5.41, 5.74) is 3.49. The number of ether oxygens (including phenoxy) is 1. The van der Waals surface area contributed by atoms with E-state index in [-0.39, 0.29) is 5.60 Å². The van der Waals surface area contributed by atoms with Crippen LogP contribution in [0.3, 0.4) is 0 Å². The molecule has 0 N–H and O–H groups in total. The summed E-state index contributed by atoms with van der Waals surface area (Å²) in [5, 5.41) is 0. The van der Waals surface area contributed by atoms with Crippen molar-refractivity contribution in [2.45, 2.75) is 63.8 Å². The molecule has 1 fully saturated rings. The zero-order chi connectivity index (χ0) is 12.6. The van der Waals surface area contributed by atoms with Crippen molar-refractivity contribution in [1.82, 2.24) is 0 Å². The quantitative estimate of drug-likeness (QED) is 0.527. The molecule has 2 unspecified atom stereocenters. The summed E-state index contributed by atoms with van der Waals surface area (Å²) in [4.78, 5) is 0. The highest BCUT2D eigenvalue weighted by molar-refractivity contribution is 6.81. The van der Waals surface area contributed by atoms with Gasteiger partial charge in [-0.25, -0.2) is 0 Å². The average molecular weight is 257 g/mol. The second kappa shape index (κ2) is 4.43. The van der Waals surface area contributed by atoms with Gasteiger partial charge in [-0.3, -0.25) is 0 Å². The predicted octanol–water partition coefficient (Wildman–Crippen LogP) is 4.31. The molecule has 2 atom stereocenters. The van der Waals surface area contributed by atoms with E-state index in [0.717, 1.165) is 12.1 Å². The molecule has 0 bridgehead atoms. The summed E-state index contributed by atoms with van der Waals surface area (Å²) in [6.07, 6.45) is 3.75. The minimum absolute atomic E-state index is 0.203. The fraction of sp³-hybridized carbons (Fsp3) is 0.846. The van der Waals surface area contributed by atoms with Crippen molar-refractivity contribution >= 4 is 16.1 Å². The Morgan fingerprint density at radius 1 is 1.19 bits per heavy atom. The van der Waals surface area contributed by atoms with Crippen LogP contribution >= 0.6 is 0 Å². The van der Waals surface area contributed by atoms with E-state index in [1.807, 2.05) is 0 Å². The van der Waals surface area contributed by atoms with E-state index in [0.29, 0.717) is 0 Å². The molecule has 0 aromatic carbocycles. The standard InChI is InChI=1S/C13H28OSi2/c1-13(11-14-13)10-12(16(5,6)7)8-9-15(2,3)4/h8-9,12H,10-11H2,1-7H3/b9-8+. The van der Waals surface area contributed by atoms with Crippen LogP contribution in [0.4, 0.5) is 0 Å². The summed E-state index contributed by atoms with van der Waals surface area (Å²) < 4.78 is 5.55. The topological polar surface area (TPSA) is 12.5 Å². The fourth-order valence-corrected chi connectivity index (χ4v) is 4.49. The summed E-state index contributed by atoms with van der Waals surface area (Å²) >= 11 is 0. The molecule has 1 nitrogen and oxygen atoms in total. The highest BCUT2D eigenvalue weighted by atomic mass is 28.3. The normalized spacial score (nSPS) is 28.4. The molecule has 0 radical (unpaired) electrons. The van der Waals surface area contributed by atoms with Crippen LogP contribution in [-0.2, 0) is 4.74 Å². The van der Waals surface area contributed by atoms with E-state index in [1.54, 1.807) is 0 Å². The first-order valence-electron chi connectivity index (χ1n) is 6.35. The Bertz CT molecular complexity index is 267. The smallest absolute Gasteiger partial charge is 0.0891 e. The second-order valence-electron chi connectivity index (χ2n) is 7.64. The molecule has 3 heteroatoms. The molecular formula is C13H28OSi2. The van der Waals surface area contributed by atoms with Crippen molar-refractivity contribution in [3.63, 3.8) is 0 Å². The lowest BCUT2D eigenvalue weighted by molar-refractivity contribution is 0.309. The number of hydrogen-bond acceptors (Lipinski definition) is 1. The van der Waals surface area contributed by atoms with Gasteiger partial charge in [-0.05, 0) is 18.9 Å². The molecule has 1 aliphatic heterocycles. The summed E-state index contributed by atoms with van der Waals surface area (Å²) in [7, 11) is -2.15. The van der Waals surface area contributed by atoms with Crippen molar-refractivity contribution in [3.05, 3.63) is 11.8 Å². The molecular weight excluding hydrogens is 228 g/mol. The third-order valence-electron chi connectivity index (χ3n) is 3.23. The average Bonchev–Trinajstić information content (AvgIpc) is 2.74. The van der Waals surface area contributed by atoms with Crippen LogP contribution in [0, 0.1) is 0 Å². The van der Waals surface area contributed by atoms with Gasteiger partial charge in [-0.2, -0.15) is 0 Å². The predicted molar refractivity (Wildman–Crippen MR) is 78.6 cm³/mol. The first kappa shape index (κ1) is 14.2. The molecule has 0 spiro atoms. The fourth-order valence-electron chi connectivity index (χ4n) is 1.77. The molecule has 0 saturated carbocycles. The number of hydrogen-bond donors (Lipinski definition) is 0. The Labute approximate surface area is 103 Å². The first-order chi connectivity index (χ1) is 7.02. The number of rotatable bonds is 5. The van der Waals surface area contributed by atoms with Crippen molar-refractivity contribution in [3.8, 4) is 0 Å². The summed E-state index contributed by atoms with van der Waals surface area (Å²) in [6.45, 7) is 17.8. The van der Waals surface area contributed by atoms with E-state index in [2.05, 4.69) is 58.0 Å². The van der Waals surface area contributed by atoms with Crippen molar-refractivity contribution in [2.75, 3.05) is 6.61 Å². The van der Waals surface area contributed by atoms with Gasteiger partial charge in [-0.15, -0.1) is 0 Å². The third-order valence-corrected chi connectivity index (χ3v) is 7.04. The molecule has 0 aliphatic carbocycles. The van der Waals surface area contributed by atoms with Crippen molar-refractivity contribution < 1.29 is 4.74 Å². The Balaban J connectivity index is 2.69. The van der Waals surface area contributed by atoms with Crippen LogP contribution in [-0.4, -0.2) is 28.4 Å². The van der Waals surface area contributed by atoms with E-state index < -0.39 is 16.1 Å². The minimum Gasteiger partial charge on any atom is -0.370 e. The lowest BCUT2D eigenvalue weighted by Crippen LogP contribution is -2.30. The molecule has 1 heterocycles. The molecule has 94 valence electrons. The lowest BCUT2D eigenvalue weighted by Gasteiger charge is -2.28. The SMILES string of the molecule is CC1(CC(/C=C/[Si](C)(C)C)[Si](C)(C)C)CO1. The minimum atomic E-state index is -1.10. The van der Waals surface area contributed by atoms with Crippen LogP contribution in [0.15, 0.2) is 11.8 Å². The zero-order valence-electron chi connectivity index (χ0n) is 12.1. The Morgan fingerprint density at radius 3 is 2.00 bits per heavy atom. The second-order valence-corrected chi connectivity index (χ2v) is 18.2. The molecule has 0 amide bonds. The maximum Gasteiger partial charge on any atom is 0.0891 e. The molecule has 1 aliphatic rings. The zero-order valence-corrected chi connectivity index (χ0v) is 14.1. The maximum atomic E-state index is 5.55. The van der Waals surface area contributed by atoms with Crippen LogP contribution in [0.25, 0.3) is 0 Å². The van der Waals surface area contributed by atoms with Crippen LogP contribution in [0.1, 0.15) is 13.3 Å². The molecule has 1 rings (SSSR count). The monoisotopic (exact) mass is 256 g/mol. The summed E-state index contributed by atoms with van der Waals surface area (Å²) in [6, 6.07) is 0. The Morgan fingerprint density at radius 2 is 1.69 bits per heavy atom. The van der Waals surface area contributed by atoms with Crippen LogP contribution in [0.2, 0.25) is 44.8 Å². The van der Waals surface area contributed by atoms with Gasteiger partial charge in [0.15, 0.2) is 0 Å². The largest absolute Gasteiger partial charge is 0.370 e. The van der Waals surface area contributed by atoms with E-state index in [1.165, 1.54) is 6.42 Å². The lowest BCUT2D eigenvalue weighted by atomic mass is 10.1. The van der Waals surface area contributed by atoms with Gasteiger partial charge in [0.1, 0.15) is 0 Å². The summed E-state index contributed by atoms with van der Waals surface area (Å²) in [5.74, 6) is 0. The number of allylic oxidation sites excluding steroid dienone is 1. The highest BCUT2D eigenvalue weighted by Gasteiger charge is 2.43. The van der Waals surface area contributed by atoms with Gasteiger partial charge < -0.3 is 4.74 Å². The third kappa shape index (κ3) is 4.98. The Kier molecular flexibility index (Phi) is 3.93. The van der Waals surface area contributed by atoms with Gasteiger partial charge in [0.2, 0.25) is 0 Å². The van der Waals surface area contributed by atoms with E-state index in [4.69, 9.17) is 4.74 Å². The molecule has 0 aromatic heterocycles. The van der Waals surface area contributed by atoms with Crippen molar-refractivity contribution in [1.29, 1.82) is 0 Å². The van der Waals surface area contributed by atoms with E-state index in [9.17, 15) is 0 Å².